The predicted octanol–water partition coefficient (Wildman–Crippen LogP) is 17.0. The molecule has 4 aromatic carbocycles. The van der Waals surface area contributed by atoms with Crippen LogP contribution in [0, 0.1) is 20.8 Å². The molecule has 0 aliphatic carbocycles. The highest BCUT2D eigenvalue weighted by molar-refractivity contribution is 7.10. The van der Waals surface area contributed by atoms with Gasteiger partial charge in [-0.15, -0.1) is 45.3 Å². The Balaban J connectivity index is 0.000000138. The van der Waals surface area contributed by atoms with Gasteiger partial charge in [-0.05, 0) is 111 Å². The number of methoxy groups -OCH3 is 2. The van der Waals surface area contributed by atoms with Crippen molar-refractivity contribution in [1.82, 2.24) is 69.8 Å². The number of aromatic nitrogens is 14. The maximum absolute atomic E-state index is 12.9. The van der Waals surface area contributed by atoms with E-state index < -0.39 is 41.2 Å². The normalized spacial score (nSPS) is 11.3. The molecule has 0 unspecified atom stereocenters. The lowest BCUT2D eigenvalue weighted by Gasteiger charge is -2.11. The van der Waals surface area contributed by atoms with Crippen LogP contribution in [0.2, 0.25) is 0 Å². The standard InChI is InChI=1S/C16H11F3N6S.C16H16N4O2S.C15H11F3N4S.C14H9F3N4OS/c1-8-21-13(7-26-8)11-4-5-20-15(25-11)22-9-2-3-10-12(6-9)24-14(23-10)16(17,18)19;1-10-18-13(9-23-10)12-6-7-17-16(20-12)19-11-4-5-14(21-2)15(8-11)22-3;1-9-4-10(15(16,17)18)6-11(5-9)21-14-19-3-2-12(22-14)13-7-23-8-20-13;15-14(16,17)8-3-9(5-10(22)4-8)20-13-18-2-1-11(21-13)12-6-23-7-19-12/h2-7H,1H3,(H,23,24)(H,20,22,25);4-9H,1-3H3,(H,17,19,20);2-8H,1H3,(H,19,21,22);1-7,22H,(H,18,20,21). The number of anilines is 8. The molecule has 0 atom stereocenters. The summed E-state index contributed by atoms with van der Waals surface area (Å²) in [6, 6.07) is 23.5. The molecule has 0 radical (unpaired) electrons. The highest BCUT2D eigenvalue weighted by Crippen LogP contribution is 2.37. The van der Waals surface area contributed by atoms with Gasteiger partial charge in [0.25, 0.3) is 0 Å². The van der Waals surface area contributed by atoms with Gasteiger partial charge in [-0.3, -0.25) is 0 Å². The third-order valence-corrected chi connectivity index (χ3v) is 15.3. The van der Waals surface area contributed by atoms with Gasteiger partial charge in [0.2, 0.25) is 29.6 Å². The molecule has 0 amide bonds. The summed E-state index contributed by atoms with van der Waals surface area (Å²) in [5.41, 5.74) is 9.86. The van der Waals surface area contributed by atoms with Gasteiger partial charge >= 0.3 is 18.5 Å². The van der Waals surface area contributed by atoms with E-state index in [-0.39, 0.29) is 34.3 Å². The molecule has 0 aliphatic heterocycles. The molecule has 0 saturated carbocycles. The van der Waals surface area contributed by atoms with E-state index in [9.17, 15) is 44.6 Å². The maximum atomic E-state index is 12.9. The number of H-pyrrole nitrogens is 1. The van der Waals surface area contributed by atoms with Gasteiger partial charge in [0.1, 0.15) is 17.1 Å². The first kappa shape index (κ1) is 67.1. The van der Waals surface area contributed by atoms with E-state index >= 15 is 0 Å². The number of nitrogens with zero attached hydrogens (tertiary/aromatic N) is 13. The lowest BCUT2D eigenvalue weighted by atomic mass is 10.1. The minimum absolute atomic E-state index is 0.0350. The van der Waals surface area contributed by atoms with Crippen LogP contribution in [0.4, 0.5) is 86.1 Å². The van der Waals surface area contributed by atoms with Gasteiger partial charge < -0.3 is 40.8 Å². The van der Waals surface area contributed by atoms with Crippen LogP contribution in [-0.2, 0) is 18.5 Å². The summed E-state index contributed by atoms with van der Waals surface area (Å²) in [6.07, 6.45) is -7.17. The molecule has 6 N–H and O–H groups in total. The summed E-state index contributed by atoms with van der Waals surface area (Å²) in [4.78, 5) is 56.6. The molecule has 486 valence electrons. The van der Waals surface area contributed by atoms with E-state index in [1.807, 2.05) is 54.3 Å². The van der Waals surface area contributed by atoms with Gasteiger partial charge in [-0.1, -0.05) is 0 Å². The molecular weight excluding hydrogens is 1330 g/mol. The zero-order valence-corrected chi connectivity index (χ0v) is 52.9. The first-order chi connectivity index (χ1) is 45.4. The zero-order valence-electron chi connectivity index (χ0n) is 49.6. The van der Waals surface area contributed by atoms with Gasteiger partial charge in [0.15, 0.2) is 11.5 Å². The van der Waals surface area contributed by atoms with E-state index in [0.29, 0.717) is 69.2 Å². The summed E-state index contributed by atoms with van der Waals surface area (Å²) in [5, 5.41) is 30.5. The Labute approximate surface area is 548 Å². The molecule has 9 aromatic heterocycles. The van der Waals surface area contributed by atoms with E-state index in [1.54, 1.807) is 91.6 Å². The Kier molecular flexibility index (Phi) is 20.8. The van der Waals surface area contributed by atoms with Crippen LogP contribution in [0.1, 0.15) is 32.5 Å². The number of halogens is 9. The summed E-state index contributed by atoms with van der Waals surface area (Å²) in [7, 11) is 3.21. The fraction of sp³-hybridized carbons (Fsp3) is 0.131. The zero-order chi connectivity index (χ0) is 67.4. The van der Waals surface area contributed by atoms with Crippen molar-refractivity contribution in [2.24, 2.45) is 0 Å². The number of phenols is 1. The van der Waals surface area contributed by atoms with Crippen molar-refractivity contribution in [2.45, 2.75) is 39.3 Å². The Bertz CT molecular complexity index is 4580. The number of alkyl halides is 9. The minimum atomic E-state index is -4.56. The van der Waals surface area contributed by atoms with Crippen molar-refractivity contribution in [2.75, 3.05) is 35.5 Å². The summed E-state index contributed by atoms with van der Waals surface area (Å²) in [6.45, 7) is 5.48. The summed E-state index contributed by atoms with van der Waals surface area (Å²) >= 11 is 5.95. The Morgan fingerprint density at radius 1 is 0.411 bits per heavy atom. The SMILES string of the molecule is COc1ccc(Nc2nccc(-c3csc(C)n3)n2)cc1OC.Cc1cc(Nc2nccc(-c3cscn3)n2)cc(C(F)(F)F)c1.Cc1nc(-c2ccnc(Nc3ccc4nc(C(F)(F)F)[nH]c4c3)n2)cs1.Oc1cc(Nc2nccc(-c3cscn3)n2)cc(C(F)(F)F)c1. The topological polar surface area (TPSA) is 270 Å². The first-order valence-electron chi connectivity index (χ1n) is 27.3. The van der Waals surface area contributed by atoms with E-state index in [4.69, 9.17) is 9.47 Å². The van der Waals surface area contributed by atoms with Crippen LogP contribution in [0.25, 0.3) is 56.6 Å². The molecule has 13 aromatic rings. The first-order valence-corrected chi connectivity index (χ1v) is 31.0. The Morgan fingerprint density at radius 2 is 0.853 bits per heavy atom. The number of aromatic hydroxyl groups is 1. The maximum Gasteiger partial charge on any atom is 0.449 e. The molecule has 9 heterocycles. The van der Waals surface area contributed by atoms with Crippen molar-refractivity contribution in [1.29, 1.82) is 0 Å². The quantitative estimate of drug-likeness (QED) is 0.0552. The number of nitrogens with one attached hydrogen (secondary N) is 5. The average molecular weight is 1380 g/mol. The average Bonchev–Trinajstić information content (AvgIpc) is 1.79. The number of phenolic OH excluding ortho intramolecular Hbond substituents is 1. The van der Waals surface area contributed by atoms with Crippen molar-refractivity contribution >= 4 is 103 Å². The minimum Gasteiger partial charge on any atom is -0.508 e. The lowest BCUT2D eigenvalue weighted by Crippen LogP contribution is -2.06. The monoisotopic (exact) mass is 1380 g/mol. The van der Waals surface area contributed by atoms with Crippen molar-refractivity contribution in [3.05, 3.63) is 187 Å². The van der Waals surface area contributed by atoms with Crippen LogP contribution in [-0.4, -0.2) is 89.1 Å². The van der Waals surface area contributed by atoms with Gasteiger partial charge in [0.05, 0.1) is 91.6 Å². The smallest absolute Gasteiger partial charge is 0.449 e. The van der Waals surface area contributed by atoms with Crippen LogP contribution < -0.4 is 30.7 Å². The summed E-state index contributed by atoms with van der Waals surface area (Å²) in [5.74, 6) is 0.932. The molecule has 95 heavy (non-hydrogen) atoms. The van der Waals surface area contributed by atoms with Crippen molar-refractivity contribution < 1.29 is 54.1 Å². The Morgan fingerprint density at radius 3 is 1.28 bits per heavy atom. The van der Waals surface area contributed by atoms with Gasteiger partial charge in [-0.25, -0.2) is 64.8 Å². The molecule has 0 aliphatic rings. The molecule has 13 rings (SSSR count). The van der Waals surface area contributed by atoms with Crippen LogP contribution >= 0.6 is 45.3 Å². The third-order valence-electron chi connectivity index (χ3n) is 12.6. The van der Waals surface area contributed by atoms with Gasteiger partial charge in [-0.2, -0.15) is 39.5 Å². The molecule has 21 nitrogen and oxygen atoms in total. The molecule has 0 fully saturated rings. The largest absolute Gasteiger partial charge is 0.508 e. The number of hydrogen-bond donors (Lipinski definition) is 6. The second kappa shape index (κ2) is 29.4. The van der Waals surface area contributed by atoms with Crippen LogP contribution in [0.5, 0.6) is 17.2 Å². The fourth-order valence-corrected chi connectivity index (χ4v) is 10.7. The molecule has 0 spiro atoms. The molecule has 0 bridgehead atoms. The van der Waals surface area contributed by atoms with Crippen LogP contribution in [0.15, 0.2) is 154 Å². The van der Waals surface area contributed by atoms with E-state index in [2.05, 4.69) is 91.0 Å². The third kappa shape index (κ3) is 18.3. The number of ether oxygens (including phenoxy) is 2. The van der Waals surface area contributed by atoms with Crippen molar-refractivity contribution in [3.63, 3.8) is 0 Å². The number of aryl methyl sites for hydroxylation is 3. The summed E-state index contributed by atoms with van der Waals surface area (Å²) < 4.78 is 126. The van der Waals surface area contributed by atoms with Gasteiger partial charge in [0, 0.05) is 81.2 Å². The fourth-order valence-electron chi connectivity index (χ4n) is 8.40. The Hall–Kier alpha value is -10.8. The number of benzene rings is 4. The van der Waals surface area contributed by atoms with E-state index in [0.717, 1.165) is 57.0 Å². The van der Waals surface area contributed by atoms with Crippen molar-refractivity contribution in [3.8, 4) is 62.8 Å². The van der Waals surface area contributed by atoms with E-state index in [1.165, 1.54) is 58.5 Å². The predicted molar refractivity (Wildman–Crippen MR) is 345 cm³/mol. The highest BCUT2D eigenvalue weighted by atomic mass is 32.1. The number of imidazole rings is 1. The second-order valence-electron chi connectivity index (χ2n) is 19.5. The number of hydrogen-bond acceptors (Lipinski definition) is 24. The lowest BCUT2D eigenvalue weighted by molar-refractivity contribution is -0.144. The molecule has 34 heteroatoms. The number of thiazole rings is 4. The number of rotatable bonds is 14. The number of fused-ring (bicyclic) bond motifs is 1. The highest BCUT2D eigenvalue weighted by Gasteiger charge is 2.35. The second-order valence-corrected chi connectivity index (χ2v) is 23.1. The van der Waals surface area contributed by atoms with Crippen LogP contribution in [0.3, 0.4) is 0 Å². The molecular formula is C61H47F9N18O3S4. The molecule has 0 saturated heterocycles. The number of aromatic amines is 1.